The van der Waals surface area contributed by atoms with E-state index < -0.39 is 35.1 Å². The number of hydrogen-bond donors (Lipinski definition) is 1. The first-order valence-electron chi connectivity index (χ1n) is 9.53. The van der Waals surface area contributed by atoms with Crippen molar-refractivity contribution in [2.24, 2.45) is 0 Å². The number of ether oxygens (including phenoxy) is 1. The molecule has 0 fully saturated rings. The lowest BCUT2D eigenvalue weighted by atomic mass is 10.1. The Hall–Kier alpha value is -4.86. The number of anilines is 1. The van der Waals surface area contributed by atoms with Crippen LogP contribution in [-0.2, 0) is 4.74 Å². The monoisotopic (exact) mass is 446 g/mol. The normalized spacial score (nSPS) is 12.4. The van der Waals surface area contributed by atoms with Crippen LogP contribution in [-0.4, -0.2) is 40.2 Å². The number of aromatic hydroxyl groups is 1. The molecule has 1 aliphatic heterocycles. The molecule has 164 valence electrons. The summed E-state index contributed by atoms with van der Waals surface area (Å²) in [7, 11) is 0. The Kier molecular flexibility index (Phi) is 5.41. The lowest BCUT2D eigenvalue weighted by Crippen LogP contribution is -2.29. The van der Waals surface area contributed by atoms with Crippen LogP contribution in [0.15, 0.2) is 66.7 Å². The molecule has 33 heavy (non-hydrogen) atoms. The summed E-state index contributed by atoms with van der Waals surface area (Å²) >= 11 is 0. The zero-order chi connectivity index (χ0) is 23.7. The summed E-state index contributed by atoms with van der Waals surface area (Å²) in [6.07, 6.45) is 0. The number of ketones is 1. The van der Waals surface area contributed by atoms with Crippen LogP contribution in [0.2, 0.25) is 0 Å². The molecule has 0 radical (unpaired) electrons. The molecule has 4 rings (SSSR count). The number of rotatable bonds is 6. The van der Waals surface area contributed by atoms with Crippen LogP contribution in [0.5, 0.6) is 5.75 Å². The molecule has 0 unspecified atom stereocenters. The van der Waals surface area contributed by atoms with Gasteiger partial charge in [-0.2, -0.15) is 0 Å². The summed E-state index contributed by atoms with van der Waals surface area (Å²) in [6, 6.07) is 14.3. The van der Waals surface area contributed by atoms with Crippen molar-refractivity contribution in [2.45, 2.75) is 0 Å². The molecule has 10 heteroatoms. The first-order valence-corrected chi connectivity index (χ1v) is 9.53. The van der Waals surface area contributed by atoms with Gasteiger partial charge < -0.3 is 9.84 Å². The minimum absolute atomic E-state index is 0.0144. The highest BCUT2D eigenvalue weighted by molar-refractivity contribution is 6.34. The Labute approximate surface area is 185 Å². The predicted molar refractivity (Wildman–Crippen MR) is 113 cm³/mol. The van der Waals surface area contributed by atoms with Gasteiger partial charge >= 0.3 is 5.97 Å². The van der Waals surface area contributed by atoms with Crippen molar-refractivity contribution < 1.29 is 33.9 Å². The lowest BCUT2D eigenvalue weighted by molar-refractivity contribution is -0.384. The minimum Gasteiger partial charge on any atom is -0.508 e. The van der Waals surface area contributed by atoms with E-state index in [2.05, 4.69) is 0 Å². The maximum absolute atomic E-state index is 12.8. The van der Waals surface area contributed by atoms with Crippen molar-refractivity contribution in [3.8, 4) is 5.75 Å². The Morgan fingerprint density at radius 2 is 1.58 bits per heavy atom. The molecule has 10 nitrogen and oxygen atoms in total. The zero-order valence-electron chi connectivity index (χ0n) is 16.8. The van der Waals surface area contributed by atoms with E-state index in [0.717, 1.165) is 17.0 Å². The number of nitro groups is 1. The molecular formula is C23H14N2O8. The van der Waals surface area contributed by atoms with Crippen LogP contribution in [0.1, 0.15) is 41.4 Å². The van der Waals surface area contributed by atoms with Crippen molar-refractivity contribution in [1.82, 2.24) is 0 Å². The lowest BCUT2D eigenvalue weighted by Gasteiger charge is -2.13. The first-order chi connectivity index (χ1) is 15.8. The summed E-state index contributed by atoms with van der Waals surface area (Å²) in [5, 5.41) is 20.3. The van der Waals surface area contributed by atoms with Crippen LogP contribution in [0.25, 0.3) is 0 Å². The molecule has 1 aliphatic rings. The Morgan fingerprint density at radius 1 is 0.909 bits per heavy atom. The Bertz CT molecular complexity index is 1330. The summed E-state index contributed by atoms with van der Waals surface area (Å²) in [5.41, 5.74) is 0.162. The topological polar surface area (TPSA) is 144 Å². The number of carbonyl (C=O) groups excluding carboxylic acids is 4. The molecule has 1 heterocycles. The van der Waals surface area contributed by atoms with E-state index in [0.29, 0.717) is 0 Å². The number of esters is 1. The van der Waals surface area contributed by atoms with Crippen molar-refractivity contribution in [1.29, 1.82) is 0 Å². The van der Waals surface area contributed by atoms with Crippen molar-refractivity contribution in [3.63, 3.8) is 0 Å². The number of non-ortho nitro benzene ring substituents is 1. The third kappa shape index (κ3) is 4.04. The number of imide groups is 1. The van der Waals surface area contributed by atoms with Crippen LogP contribution < -0.4 is 4.90 Å². The maximum atomic E-state index is 12.8. The molecule has 0 saturated heterocycles. The number of nitro benzene ring substituents is 1. The maximum Gasteiger partial charge on any atom is 0.338 e. The third-order valence-electron chi connectivity index (χ3n) is 4.94. The molecule has 3 aromatic carbocycles. The highest BCUT2D eigenvalue weighted by atomic mass is 16.6. The number of nitrogens with zero attached hydrogens (tertiary/aromatic N) is 2. The number of amides is 2. The fraction of sp³-hybridized carbons (Fsp3) is 0.0435. The van der Waals surface area contributed by atoms with Crippen molar-refractivity contribution >= 4 is 34.9 Å². The van der Waals surface area contributed by atoms with Crippen LogP contribution >= 0.6 is 0 Å². The fourth-order valence-electron chi connectivity index (χ4n) is 3.30. The number of benzene rings is 3. The van der Waals surface area contributed by atoms with Gasteiger partial charge in [-0.25, -0.2) is 9.69 Å². The number of phenolic OH excluding ortho intramolecular Hbond substituents is 1. The number of carbonyl (C=O) groups is 4. The minimum atomic E-state index is -0.885. The van der Waals surface area contributed by atoms with E-state index in [9.17, 15) is 34.4 Å². The van der Waals surface area contributed by atoms with Gasteiger partial charge in [-0.05, 0) is 42.5 Å². The van der Waals surface area contributed by atoms with Crippen molar-refractivity contribution in [2.75, 3.05) is 11.5 Å². The molecule has 0 atom stereocenters. The molecule has 3 aromatic rings. The van der Waals surface area contributed by atoms with Gasteiger partial charge in [0.1, 0.15) is 5.75 Å². The van der Waals surface area contributed by atoms with Gasteiger partial charge in [0, 0.05) is 23.8 Å². The van der Waals surface area contributed by atoms with E-state index in [1.54, 1.807) is 0 Å². The Balaban J connectivity index is 1.48. The number of phenols is 1. The number of hydrogen-bond acceptors (Lipinski definition) is 8. The number of Topliss-reactive ketones (excluding diaryl/α,β-unsaturated/α-hetero) is 1. The van der Waals surface area contributed by atoms with Gasteiger partial charge in [0.2, 0.25) is 0 Å². The first kappa shape index (κ1) is 21.4. The van der Waals surface area contributed by atoms with Crippen LogP contribution in [0, 0.1) is 10.1 Å². The molecule has 1 N–H and O–H groups in total. The second kappa shape index (κ2) is 8.35. The highest BCUT2D eigenvalue weighted by Crippen LogP contribution is 2.30. The van der Waals surface area contributed by atoms with Gasteiger partial charge in [0.05, 0.1) is 27.3 Å². The van der Waals surface area contributed by atoms with Gasteiger partial charge in [-0.3, -0.25) is 24.5 Å². The summed E-state index contributed by atoms with van der Waals surface area (Å²) in [4.78, 5) is 61.0. The fourth-order valence-corrected chi connectivity index (χ4v) is 3.30. The molecule has 0 spiro atoms. The smallest absolute Gasteiger partial charge is 0.338 e. The van der Waals surface area contributed by atoms with E-state index in [1.165, 1.54) is 54.6 Å². The molecule has 0 aromatic heterocycles. The Morgan fingerprint density at radius 3 is 2.24 bits per heavy atom. The SMILES string of the molecule is O=C(COC(=O)c1ccc2c(c1)C(=O)N(c1cccc(O)c1)C2=O)c1ccc([N+](=O)[O-])cc1. The van der Waals surface area contributed by atoms with E-state index >= 15 is 0 Å². The second-order valence-corrected chi connectivity index (χ2v) is 7.03. The third-order valence-corrected chi connectivity index (χ3v) is 4.94. The molecule has 0 aliphatic carbocycles. The van der Waals surface area contributed by atoms with Gasteiger partial charge in [-0.15, -0.1) is 0 Å². The number of fused-ring (bicyclic) bond motifs is 1. The second-order valence-electron chi connectivity index (χ2n) is 7.03. The average molecular weight is 446 g/mol. The summed E-state index contributed by atoms with van der Waals surface area (Å²) in [5.74, 6) is -2.85. The molecule has 2 amide bonds. The predicted octanol–water partition coefficient (Wildman–Crippen LogP) is 3.14. The highest BCUT2D eigenvalue weighted by Gasteiger charge is 2.37. The average Bonchev–Trinajstić information content (AvgIpc) is 3.06. The summed E-state index contributed by atoms with van der Waals surface area (Å²) < 4.78 is 5.01. The molecule has 0 bridgehead atoms. The van der Waals surface area contributed by atoms with E-state index in [4.69, 9.17) is 4.74 Å². The molecular weight excluding hydrogens is 432 g/mol. The summed E-state index contributed by atoms with van der Waals surface area (Å²) in [6.45, 7) is -0.615. The zero-order valence-corrected chi connectivity index (χ0v) is 16.8. The molecule has 0 saturated carbocycles. The van der Waals surface area contributed by atoms with Gasteiger partial charge in [0.25, 0.3) is 17.5 Å². The van der Waals surface area contributed by atoms with Crippen LogP contribution in [0.3, 0.4) is 0 Å². The van der Waals surface area contributed by atoms with Gasteiger partial charge in [0.15, 0.2) is 12.4 Å². The van der Waals surface area contributed by atoms with E-state index in [1.807, 2.05) is 0 Å². The van der Waals surface area contributed by atoms with Crippen molar-refractivity contribution in [3.05, 3.63) is 99.1 Å². The standard InChI is InChI=1S/C23H14N2O8/c26-17-3-1-2-16(11-17)24-21(28)18-9-6-14(10-19(18)22(24)29)23(30)33-12-20(27)13-4-7-15(8-5-13)25(31)32/h1-11,26H,12H2. The van der Waals surface area contributed by atoms with Gasteiger partial charge in [-0.1, -0.05) is 6.07 Å². The largest absolute Gasteiger partial charge is 0.508 e. The van der Waals surface area contributed by atoms with E-state index in [-0.39, 0.29) is 39.4 Å². The van der Waals surface area contributed by atoms with Crippen LogP contribution in [0.4, 0.5) is 11.4 Å². The quantitative estimate of drug-likeness (QED) is 0.200.